The molecule has 1 fully saturated rings. The highest BCUT2D eigenvalue weighted by molar-refractivity contribution is 6.42. The fraction of sp³-hybridized carbons (Fsp3) is 0.462. The highest BCUT2D eigenvalue weighted by Gasteiger charge is 2.21. The van der Waals surface area contributed by atoms with Gasteiger partial charge in [-0.05, 0) is 32.0 Å². The van der Waals surface area contributed by atoms with Crippen LogP contribution in [-0.2, 0) is 4.79 Å². The minimum Gasteiger partial charge on any atom is -0.481 e. The number of benzene rings is 1. The molecule has 1 aliphatic rings. The fourth-order valence-corrected chi connectivity index (χ4v) is 2.19. The molecule has 1 heterocycles. The molecule has 104 valence electrons. The van der Waals surface area contributed by atoms with Crippen molar-refractivity contribution >= 4 is 29.1 Å². The van der Waals surface area contributed by atoms with Crippen molar-refractivity contribution < 1.29 is 9.53 Å². The smallest absolute Gasteiger partial charge is 0.261 e. The third-order valence-electron chi connectivity index (χ3n) is 2.98. The predicted molar refractivity (Wildman–Crippen MR) is 76.0 cm³/mol. The Morgan fingerprint density at radius 2 is 2.26 bits per heavy atom. The Labute approximate surface area is 122 Å². The lowest BCUT2D eigenvalue weighted by atomic mass is 10.2. The zero-order valence-electron chi connectivity index (χ0n) is 10.6. The van der Waals surface area contributed by atoms with Gasteiger partial charge >= 0.3 is 0 Å². The van der Waals surface area contributed by atoms with Crippen LogP contribution in [0.15, 0.2) is 18.2 Å². The van der Waals surface area contributed by atoms with E-state index in [0.29, 0.717) is 15.8 Å². The van der Waals surface area contributed by atoms with E-state index in [0.717, 1.165) is 19.5 Å². The summed E-state index contributed by atoms with van der Waals surface area (Å²) < 4.78 is 5.55. The van der Waals surface area contributed by atoms with Crippen LogP contribution in [-0.4, -0.2) is 31.1 Å². The molecule has 1 aliphatic heterocycles. The summed E-state index contributed by atoms with van der Waals surface area (Å²) >= 11 is 11.7. The van der Waals surface area contributed by atoms with Crippen molar-refractivity contribution in [3.05, 3.63) is 28.2 Å². The summed E-state index contributed by atoms with van der Waals surface area (Å²) in [6.07, 6.45) is 0.378. The van der Waals surface area contributed by atoms with Crippen molar-refractivity contribution in [2.24, 2.45) is 0 Å². The molecule has 6 heteroatoms. The van der Waals surface area contributed by atoms with Crippen LogP contribution in [0.3, 0.4) is 0 Å². The molecule has 2 atom stereocenters. The summed E-state index contributed by atoms with van der Waals surface area (Å²) in [6.45, 7) is 3.46. The molecule has 1 aromatic carbocycles. The lowest BCUT2D eigenvalue weighted by Gasteiger charge is -2.17. The quantitative estimate of drug-likeness (QED) is 0.897. The molecule has 0 saturated carbocycles. The average molecular weight is 303 g/mol. The van der Waals surface area contributed by atoms with E-state index in [4.69, 9.17) is 27.9 Å². The van der Waals surface area contributed by atoms with E-state index < -0.39 is 6.10 Å². The predicted octanol–water partition coefficient (Wildman–Crippen LogP) is 2.24. The first-order valence-corrected chi connectivity index (χ1v) is 6.94. The second-order valence-corrected chi connectivity index (χ2v) is 5.35. The Morgan fingerprint density at radius 1 is 1.47 bits per heavy atom. The summed E-state index contributed by atoms with van der Waals surface area (Å²) in [5.41, 5.74) is 0. The topological polar surface area (TPSA) is 50.4 Å². The molecule has 2 rings (SSSR count). The molecule has 1 aromatic rings. The SMILES string of the molecule is CC(Oc1ccc(Cl)c(Cl)c1)C(=O)NC1CCNC1. The van der Waals surface area contributed by atoms with E-state index in [1.807, 2.05) is 0 Å². The molecule has 0 spiro atoms. The Balaban J connectivity index is 1.90. The first-order chi connectivity index (χ1) is 9.06. The average Bonchev–Trinajstić information content (AvgIpc) is 2.86. The van der Waals surface area contributed by atoms with Crippen LogP contribution in [0, 0.1) is 0 Å². The summed E-state index contributed by atoms with van der Waals surface area (Å²) in [5.74, 6) is 0.404. The highest BCUT2D eigenvalue weighted by atomic mass is 35.5. The molecule has 1 amide bonds. The Hall–Kier alpha value is -0.970. The first kappa shape index (κ1) is 14.4. The van der Waals surface area contributed by atoms with E-state index in [2.05, 4.69) is 10.6 Å². The number of halogens is 2. The van der Waals surface area contributed by atoms with Gasteiger partial charge in [-0.3, -0.25) is 4.79 Å². The Morgan fingerprint density at radius 3 is 2.89 bits per heavy atom. The van der Waals surface area contributed by atoms with Crippen LogP contribution in [0.4, 0.5) is 0 Å². The van der Waals surface area contributed by atoms with Gasteiger partial charge in [0.2, 0.25) is 0 Å². The molecule has 0 aliphatic carbocycles. The van der Waals surface area contributed by atoms with Gasteiger partial charge in [0, 0.05) is 18.7 Å². The van der Waals surface area contributed by atoms with Gasteiger partial charge in [-0.2, -0.15) is 0 Å². The number of carbonyl (C=O) groups excluding carboxylic acids is 1. The highest BCUT2D eigenvalue weighted by Crippen LogP contribution is 2.26. The number of amides is 1. The Kier molecular flexibility index (Phi) is 4.91. The van der Waals surface area contributed by atoms with E-state index in [-0.39, 0.29) is 11.9 Å². The van der Waals surface area contributed by atoms with E-state index >= 15 is 0 Å². The molecule has 0 radical (unpaired) electrons. The van der Waals surface area contributed by atoms with Gasteiger partial charge < -0.3 is 15.4 Å². The number of nitrogens with one attached hydrogen (secondary N) is 2. The summed E-state index contributed by atoms with van der Waals surface area (Å²) in [5, 5.41) is 7.00. The minimum atomic E-state index is -0.571. The minimum absolute atomic E-state index is 0.125. The van der Waals surface area contributed by atoms with Crippen molar-refractivity contribution in [3.63, 3.8) is 0 Å². The molecule has 2 unspecified atom stereocenters. The van der Waals surface area contributed by atoms with Crippen molar-refractivity contribution in [1.29, 1.82) is 0 Å². The standard InChI is InChI=1S/C13H16Cl2N2O2/c1-8(13(18)17-9-4-5-16-7-9)19-10-2-3-11(14)12(15)6-10/h2-3,6,8-9,16H,4-5,7H2,1H3,(H,17,18). The largest absolute Gasteiger partial charge is 0.481 e. The van der Waals surface area contributed by atoms with Crippen molar-refractivity contribution in [1.82, 2.24) is 10.6 Å². The van der Waals surface area contributed by atoms with Gasteiger partial charge in [-0.15, -0.1) is 0 Å². The lowest BCUT2D eigenvalue weighted by molar-refractivity contribution is -0.127. The monoisotopic (exact) mass is 302 g/mol. The van der Waals surface area contributed by atoms with Crippen LogP contribution in [0.25, 0.3) is 0 Å². The van der Waals surface area contributed by atoms with Gasteiger partial charge in [0.1, 0.15) is 5.75 Å². The van der Waals surface area contributed by atoms with Gasteiger partial charge in [-0.1, -0.05) is 23.2 Å². The molecule has 19 heavy (non-hydrogen) atoms. The van der Waals surface area contributed by atoms with Gasteiger partial charge in [-0.25, -0.2) is 0 Å². The maximum atomic E-state index is 11.9. The zero-order chi connectivity index (χ0) is 13.8. The number of ether oxygens (including phenoxy) is 1. The summed E-state index contributed by atoms with van der Waals surface area (Å²) in [4.78, 5) is 11.9. The van der Waals surface area contributed by atoms with E-state index in [1.165, 1.54) is 0 Å². The summed E-state index contributed by atoms with van der Waals surface area (Å²) in [6, 6.07) is 5.12. The second kappa shape index (κ2) is 6.46. The third-order valence-corrected chi connectivity index (χ3v) is 3.72. The van der Waals surface area contributed by atoms with Gasteiger partial charge in [0.05, 0.1) is 10.0 Å². The maximum absolute atomic E-state index is 11.9. The molecular weight excluding hydrogens is 287 g/mol. The van der Waals surface area contributed by atoms with Crippen molar-refractivity contribution in [2.45, 2.75) is 25.5 Å². The van der Waals surface area contributed by atoms with Crippen molar-refractivity contribution in [3.8, 4) is 5.75 Å². The maximum Gasteiger partial charge on any atom is 0.261 e. The fourth-order valence-electron chi connectivity index (χ4n) is 1.90. The van der Waals surface area contributed by atoms with Crippen LogP contribution in [0.1, 0.15) is 13.3 Å². The summed E-state index contributed by atoms with van der Waals surface area (Å²) in [7, 11) is 0. The van der Waals surface area contributed by atoms with Gasteiger partial charge in [0.15, 0.2) is 6.10 Å². The molecular formula is C13H16Cl2N2O2. The zero-order valence-corrected chi connectivity index (χ0v) is 12.1. The second-order valence-electron chi connectivity index (χ2n) is 4.53. The number of hydrogen-bond donors (Lipinski definition) is 2. The van der Waals surface area contributed by atoms with Crippen LogP contribution in [0.2, 0.25) is 10.0 Å². The molecule has 0 bridgehead atoms. The van der Waals surface area contributed by atoms with Crippen LogP contribution in [0.5, 0.6) is 5.75 Å². The lowest BCUT2D eigenvalue weighted by Crippen LogP contribution is -2.43. The van der Waals surface area contributed by atoms with E-state index in [1.54, 1.807) is 25.1 Å². The molecule has 0 aromatic heterocycles. The van der Waals surface area contributed by atoms with Crippen LogP contribution < -0.4 is 15.4 Å². The Bertz CT molecular complexity index is 462. The third kappa shape index (κ3) is 4.00. The molecule has 2 N–H and O–H groups in total. The van der Waals surface area contributed by atoms with E-state index in [9.17, 15) is 4.79 Å². The van der Waals surface area contributed by atoms with Crippen LogP contribution >= 0.6 is 23.2 Å². The number of rotatable bonds is 4. The first-order valence-electron chi connectivity index (χ1n) is 6.19. The van der Waals surface area contributed by atoms with Crippen molar-refractivity contribution in [2.75, 3.05) is 13.1 Å². The number of carbonyl (C=O) groups is 1. The normalized spacial score (nSPS) is 20.1. The molecule has 1 saturated heterocycles. The molecule has 4 nitrogen and oxygen atoms in total. The van der Waals surface area contributed by atoms with Gasteiger partial charge in [0.25, 0.3) is 5.91 Å². The number of hydrogen-bond acceptors (Lipinski definition) is 3.